The molecular weight excluding hydrogens is 1570 g/mol. The van der Waals surface area contributed by atoms with Crippen molar-refractivity contribution in [1.82, 2.24) is 101 Å². The number of aliphatic hydroxyl groups is 1. The zero-order valence-electron chi connectivity index (χ0n) is 62.3. The van der Waals surface area contributed by atoms with Crippen LogP contribution in [0.15, 0.2) is 47.6 Å². The molecule has 0 amide bonds. The summed E-state index contributed by atoms with van der Waals surface area (Å²) in [5.74, 6) is -0.495. The molecule has 0 radical (unpaired) electrons. The van der Waals surface area contributed by atoms with Gasteiger partial charge in [-0.1, -0.05) is 48.5 Å². The highest BCUT2D eigenvalue weighted by Gasteiger charge is 2.56. The largest absolute Gasteiger partial charge is 0.766 e. The second-order valence-corrected chi connectivity index (χ2v) is 42.2. The molecule has 55 heteroatoms. The van der Waals surface area contributed by atoms with Gasteiger partial charge in [-0.2, -0.15) is 9.97 Å². The normalized spacial score (nSPS) is 27.1. The molecule has 0 spiro atoms. The lowest BCUT2D eigenvalue weighted by molar-refractivity contribution is -0.206. The Labute approximate surface area is 631 Å². The van der Waals surface area contributed by atoms with E-state index in [1.165, 1.54) is 70.3 Å². The molecular formula is C55H98N28O21P4Si2. The van der Waals surface area contributed by atoms with Crippen LogP contribution in [0.3, 0.4) is 0 Å². The molecule has 0 aromatic carbocycles. The van der Waals surface area contributed by atoms with Gasteiger partial charge in [0.05, 0.1) is 62.8 Å². The molecule has 12 heterocycles. The number of nitrogen functional groups attached to an aromatic ring is 4. The molecule has 612 valence electrons. The minimum Gasteiger partial charge on any atom is -0.766 e. The average molecular weight is 1670 g/mol. The Bertz CT molecular complexity index is 4740. The first-order valence-electron chi connectivity index (χ1n) is 33.2. The fourth-order valence-electron chi connectivity index (χ4n) is 11.8. The van der Waals surface area contributed by atoms with Crippen LogP contribution in [0.5, 0.6) is 0 Å². The second kappa shape index (κ2) is 35.7. The first kappa shape index (κ1) is 90.4. The van der Waals surface area contributed by atoms with Crippen LogP contribution in [0.25, 0.3) is 44.7 Å². The van der Waals surface area contributed by atoms with E-state index in [2.05, 4.69) is 81.4 Å². The van der Waals surface area contributed by atoms with Gasteiger partial charge in [-0.25, -0.2) is 54.6 Å². The third-order valence-corrected chi connectivity index (χ3v) is 31.2. The summed E-state index contributed by atoms with van der Waals surface area (Å²) in [6.45, 7) is 19.4. The van der Waals surface area contributed by atoms with Gasteiger partial charge in [-0.3, -0.25) is 46.9 Å². The summed E-state index contributed by atoms with van der Waals surface area (Å²) < 4.78 is 116. The zero-order valence-corrected chi connectivity index (χ0v) is 67.9. The number of hydrogen-bond donors (Lipinski definition) is 17. The molecule has 110 heavy (non-hydrogen) atoms. The Morgan fingerprint density at radius 1 is 0.582 bits per heavy atom. The Kier molecular flexibility index (Phi) is 29.3. The molecule has 4 aliphatic rings. The number of nitrogens with one attached hydrogen (secondary N) is 4. The molecule has 8 aromatic rings. The molecule has 29 N–H and O–H groups in total. The summed E-state index contributed by atoms with van der Waals surface area (Å²) in [5.41, 5.74) is 45.3. The van der Waals surface area contributed by atoms with Crippen molar-refractivity contribution < 1.29 is 88.8 Å². The van der Waals surface area contributed by atoms with Crippen LogP contribution in [0.1, 0.15) is 73.4 Å². The molecule has 49 nitrogen and oxygen atoms in total. The Hall–Kier alpha value is -6.83. The summed E-state index contributed by atoms with van der Waals surface area (Å²) in [7, 11) is -18.7. The molecule has 0 aliphatic carbocycles. The number of fused-ring (bicyclic) bond motifs is 4. The lowest BCUT2D eigenvalue weighted by atomic mass is 10.0. The third kappa shape index (κ3) is 19.3. The average Bonchev–Trinajstić information content (AvgIpc) is 1.61. The molecule has 4 aliphatic heterocycles. The molecule has 20 atom stereocenters. The second-order valence-electron chi connectivity index (χ2n) is 28.1. The number of aromatic amines is 2. The number of aliphatic hydroxyl groups excluding tert-OH is 1. The fourth-order valence-corrected chi connectivity index (χ4v) is 17.1. The molecule has 0 saturated carbocycles. The number of anilines is 4. The first-order valence-corrected chi connectivity index (χ1v) is 44.4. The van der Waals surface area contributed by atoms with E-state index in [0.717, 1.165) is 0 Å². The van der Waals surface area contributed by atoms with Crippen molar-refractivity contribution in [3.8, 4) is 0 Å². The minimum atomic E-state index is -5.01. The summed E-state index contributed by atoms with van der Waals surface area (Å²) in [6.07, 6.45) is -4.14. The van der Waals surface area contributed by atoms with Gasteiger partial charge >= 0.3 is 24.3 Å². The van der Waals surface area contributed by atoms with Crippen molar-refractivity contribution >= 4 is 117 Å². The standard InChI is InChI=1S/C27H42N12O10P2Si.C26H40N12O11P2Si.2CH5N.2H3N/c1-12-15(28)13(47-24(12)39-11-34-18-22(39)35-26(30)36-23(18)40)8-46-51(43,44)37-16-14(7-45-50(41)42)48-25(19(16)49-52(5,6)27(2,3)4)38-10-33-17-20(29)31-9-32-21(17)38;1-26(2,3)52(4,5)49-18-14(12(6-45-50(41)42)48-24(18)38-10-33-16-21(38)34-25(29)35-22(16)40)36-51(43,44)46-7-11-13(27)17(39)23(47-11)37-9-32-15-19(28)30-8-31-20(15)37;2*1-2;;/h9-16,19,24-25H,7-8,28H2,1-6H3,(H2,29,31,32)(H2,37,43,44)(H3,30,35,36,40);8-14,17-18,23-24,39H,6-7,27H2,1-5H3,(H7-,28,29,30,31,34,35,36,40,41,42,43,44);2*2H2,1H3;2*1H3/t12-,13-,14-,15+,16-,19-,24-,25-;11-,12-,13-,14-,17-,18-,23-,24-;;;;/m11..../s1. The van der Waals surface area contributed by atoms with Crippen molar-refractivity contribution in [2.24, 2.45) is 28.9 Å². The van der Waals surface area contributed by atoms with Crippen molar-refractivity contribution in [2.45, 2.75) is 177 Å². The van der Waals surface area contributed by atoms with Crippen molar-refractivity contribution in [1.29, 1.82) is 0 Å². The van der Waals surface area contributed by atoms with Gasteiger partial charge < -0.3 is 110 Å². The van der Waals surface area contributed by atoms with Crippen molar-refractivity contribution in [3.63, 3.8) is 0 Å². The molecule has 0 bridgehead atoms. The molecule has 4 unspecified atom stereocenters. The van der Waals surface area contributed by atoms with Crippen LogP contribution in [-0.2, 0) is 64.2 Å². The number of nitrogens with two attached hydrogens (primary N) is 8. The number of aromatic nitrogens is 16. The maximum atomic E-state index is 13.8. The summed E-state index contributed by atoms with van der Waals surface area (Å²) in [5, 5.41) is 15.4. The third-order valence-electron chi connectivity index (χ3n) is 19.3. The smallest absolute Gasteiger partial charge is 0.694 e. The minimum absolute atomic E-state index is 0. The van der Waals surface area contributed by atoms with Gasteiger partial charge in [-0.15, -0.1) is 13.9 Å². The molecule has 8 aromatic heterocycles. The van der Waals surface area contributed by atoms with E-state index in [-0.39, 0.29) is 90.6 Å². The highest BCUT2D eigenvalue weighted by atomic mass is 31.2. The van der Waals surface area contributed by atoms with E-state index in [1.807, 2.05) is 67.7 Å². The van der Waals surface area contributed by atoms with Crippen LogP contribution >= 0.6 is 32.0 Å². The lowest BCUT2D eigenvalue weighted by Crippen LogP contribution is -2.53. The Morgan fingerprint density at radius 2 is 0.964 bits per heavy atom. The number of rotatable bonds is 24. The lowest BCUT2D eigenvalue weighted by Gasteiger charge is -2.41. The van der Waals surface area contributed by atoms with Gasteiger partial charge in [0.25, 0.3) is 11.1 Å². The van der Waals surface area contributed by atoms with Gasteiger partial charge in [0.1, 0.15) is 79.8 Å². The van der Waals surface area contributed by atoms with Crippen molar-refractivity contribution in [3.05, 3.63) is 58.7 Å². The van der Waals surface area contributed by atoms with E-state index < -0.39 is 184 Å². The molecule has 4 fully saturated rings. The SMILES string of the molecule is CC(C)(C)[Si](C)(C)O[C@@H]1[C@H](NP(=O)(O)OC[C@H]2O[C@@H](n3cnc4c(N)ncnc43)[C@H](O)[C@@H]2N)[C@@H](CO[P+](=O)O)O[C@H]1n1cnc2c(=O)[nH]c(N)nc21.CN.CN.C[C@@H]1[C@H](N)[C@@H](COP(=O)([O-])N[C@H]2[C@@H](O[Si](C)(C)C(C)(C)C)[C@H](n3cnc4c(N)ncnc43)O[C@@H]2CO[P+](=O)[O-])O[C@H]1n1cnc2c(=O)[nH]c(N)nc21.N.N. The van der Waals surface area contributed by atoms with Crippen LogP contribution < -0.4 is 89.3 Å². The number of imidazole rings is 4. The maximum absolute atomic E-state index is 13.8. The summed E-state index contributed by atoms with van der Waals surface area (Å²) in [6, 6.07) is -4.25. The highest BCUT2D eigenvalue weighted by molar-refractivity contribution is 7.50. The topological polar surface area (TPSA) is 784 Å². The Balaban J connectivity index is 0.000000288. The van der Waals surface area contributed by atoms with E-state index in [1.54, 1.807) is 6.92 Å². The quantitative estimate of drug-likeness (QED) is 0.0254. The monoisotopic (exact) mass is 1670 g/mol. The molecule has 4 saturated heterocycles. The van der Waals surface area contributed by atoms with Crippen LogP contribution in [-0.4, -0.2) is 217 Å². The number of ether oxygens (including phenoxy) is 4. The zero-order chi connectivity index (χ0) is 79.8. The first-order chi connectivity index (χ1) is 50.6. The number of H-pyrrole nitrogens is 2. The highest BCUT2D eigenvalue weighted by Crippen LogP contribution is 2.50. The number of nitrogens with zero attached hydrogens (tertiary/aromatic N) is 14. The maximum Gasteiger partial charge on any atom is 0.694 e. The van der Waals surface area contributed by atoms with E-state index >= 15 is 0 Å². The van der Waals surface area contributed by atoms with Gasteiger partial charge in [0.2, 0.25) is 19.6 Å². The van der Waals surface area contributed by atoms with Crippen LogP contribution in [0.2, 0.25) is 36.3 Å². The molecule has 12 rings (SSSR count). The van der Waals surface area contributed by atoms with Crippen LogP contribution in [0, 0.1) is 5.92 Å². The van der Waals surface area contributed by atoms with Gasteiger partial charge in [0, 0.05) is 16.5 Å². The summed E-state index contributed by atoms with van der Waals surface area (Å²) in [4.78, 5) is 117. The van der Waals surface area contributed by atoms with Crippen LogP contribution in [0.4, 0.5) is 23.5 Å². The van der Waals surface area contributed by atoms with Gasteiger partial charge in [-0.05, 0) is 54.9 Å². The van der Waals surface area contributed by atoms with Gasteiger partial charge in [0.15, 0.2) is 80.6 Å². The number of hydrogen-bond acceptors (Lipinski definition) is 39. The predicted molar refractivity (Wildman–Crippen MR) is 398 cm³/mol. The van der Waals surface area contributed by atoms with Crippen molar-refractivity contribution in [2.75, 3.05) is 63.5 Å². The predicted octanol–water partition coefficient (Wildman–Crippen LogP) is -1.04. The van der Waals surface area contributed by atoms with E-state index in [9.17, 15) is 52.5 Å². The fraction of sp³-hybridized carbons (Fsp3) is 0.636. The summed E-state index contributed by atoms with van der Waals surface area (Å²) >= 11 is 0. The van der Waals surface area contributed by atoms with E-state index in [0.29, 0.717) is 0 Å². The van der Waals surface area contributed by atoms with E-state index in [4.69, 9.17) is 80.3 Å². The Morgan fingerprint density at radius 3 is 1.41 bits per heavy atom.